The molecule has 0 saturated heterocycles. The molecule has 5 nitrogen and oxygen atoms in total. The Morgan fingerprint density at radius 3 is 2.08 bits per heavy atom. The first-order valence-corrected chi connectivity index (χ1v) is 8.33. The fraction of sp³-hybridized carbons (Fsp3) is 0.211. The Morgan fingerprint density at radius 1 is 0.760 bits per heavy atom. The molecule has 6 heteroatoms. The van der Waals surface area contributed by atoms with Gasteiger partial charge in [-0.3, -0.25) is 14.4 Å². The minimum atomic E-state index is -0.226. The van der Waals surface area contributed by atoms with Crippen LogP contribution >= 0.6 is 11.6 Å². The Kier molecular flexibility index (Phi) is 7.16. The number of carbonyl (C=O) groups excluding carboxylic acids is 3. The van der Waals surface area contributed by atoms with Crippen molar-refractivity contribution < 1.29 is 14.4 Å². The van der Waals surface area contributed by atoms with Gasteiger partial charge < -0.3 is 10.6 Å². The normalized spacial score (nSPS) is 10.1. The van der Waals surface area contributed by atoms with Crippen LogP contribution in [0.25, 0.3) is 0 Å². The molecule has 0 heterocycles. The second-order valence-electron chi connectivity index (χ2n) is 5.40. The first-order chi connectivity index (χ1) is 12.1. The van der Waals surface area contributed by atoms with Gasteiger partial charge in [0, 0.05) is 42.1 Å². The summed E-state index contributed by atoms with van der Waals surface area (Å²) in [5, 5.41) is 5.96. The molecule has 2 aromatic carbocycles. The van der Waals surface area contributed by atoms with Gasteiger partial charge in [-0.15, -0.1) is 0 Å². The predicted octanol–water partition coefficient (Wildman–Crippen LogP) is 2.85. The van der Waals surface area contributed by atoms with Crippen LogP contribution in [0, 0.1) is 0 Å². The van der Waals surface area contributed by atoms with E-state index in [9.17, 15) is 14.4 Å². The van der Waals surface area contributed by atoms with E-state index >= 15 is 0 Å². The Bertz CT molecular complexity index is 730. The maximum atomic E-state index is 12.0. The lowest BCUT2D eigenvalue weighted by Gasteiger charge is -2.07. The molecule has 2 rings (SSSR count). The highest BCUT2D eigenvalue weighted by atomic mass is 35.5. The van der Waals surface area contributed by atoms with Gasteiger partial charge in [0.15, 0.2) is 5.78 Å². The maximum Gasteiger partial charge on any atom is 0.251 e. The van der Waals surface area contributed by atoms with E-state index < -0.39 is 0 Å². The number of hydrogen-bond donors (Lipinski definition) is 2. The second kappa shape index (κ2) is 9.59. The van der Waals surface area contributed by atoms with E-state index in [2.05, 4.69) is 10.6 Å². The fourth-order valence-corrected chi connectivity index (χ4v) is 2.29. The van der Waals surface area contributed by atoms with Crippen LogP contribution in [0.4, 0.5) is 0 Å². The molecule has 0 aliphatic heterocycles. The van der Waals surface area contributed by atoms with Crippen LogP contribution in [-0.2, 0) is 4.79 Å². The molecule has 0 spiro atoms. The van der Waals surface area contributed by atoms with Crippen molar-refractivity contribution in [3.05, 3.63) is 70.7 Å². The van der Waals surface area contributed by atoms with Crippen LogP contribution in [0.15, 0.2) is 54.6 Å². The van der Waals surface area contributed by atoms with Gasteiger partial charge in [0.1, 0.15) is 0 Å². The van der Waals surface area contributed by atoms with Crippen LogP contribution in [0.3, 0.4) is 0 Å². The van der Waals surface area contributed by atoms with Crippen LogP contribution in [0.2, 0.25) is 5.02 Å². The molecule has 0 radical (unpaired) electrons. The average molecular weight is 359 g/mol. The molecule has 25 heavy (non-hydrogen) atoms. The summed E-state index contributed by atoms with van der Waals surface area (Å²) in [4.78, 5) is 35.5. The lowest BCUT2D eigenvalue weighted by atomic mass is 10.1. The molecule has 0 aliphatic carbocycles. The van der Waals surface area contributed by atoms with E-state index in [0.717, 1.165) is 0 Å². The van der Waals surface area contributed by atoms with E-state index in [4.69, 9.17) is 11.6 Å². The third kappa shape index (κ3) is 6.39. The van der Waals surface area contributed by atoms with Crippen molar-refractivity contribution in [3.8, 4) is 0 Å². The molecule has 0 saturated carbocycles. The highest BCUT2D eigenvalue weighted by Gasteiger charge is 2.09. The number of Topliss-reactive ketones (excluding diaryl/α,β-unsaturated/α-hetero) is 1. The van der Waals surface area contributed by atoms with Gasteiger partial charge in [-0.05, 0) is 36.4 Å². The number of nitrogens with one attached hydrogen (secondary N) is 2. The van der Waals surface area contributed by atoms with Crippen molar-refractivity contribution in [1.82, 2.24) is 10.6 Å². The summed E-state index contributed by atoms with van der Waals surface area (Å²) in [7, 11) is 0. The van der Waals surface area contributed by atoms with Crippen molar-refractivity contribution in [2.45, 2.75) is 12.8 Å². The molecule has 2 aromatic rings. The summed E-state index contributed by atoms with van der Waals surface area (Å²) < 4.78 is 0. The molecule has 130 valence electrons. The smallest absolute Gasteiger partial charge is 0.251 e. The van der Waals surface area contributed by atoms with E-state index in [-0.39, 0.29) is 30.4 Å². The zero-order valence-electron chi connectivity index (χ0n) is 13.6. The summed E-state index contributed by atoms with van der Waals surface area (Å²) in [5.74, 6) is -0.520. The van der Waals surface area contributed by atoms with Crippen molar-refractivity contribution in [3.63, 3.8) is 0 Å². The number of rotatable bonds is 8. The van der Waals surface area contributed by atoms with Crippen molar-refractivity contribution in [2.24, 2.45) is 0 Å². The SMILES string of the molecule is O=C(CCC(=O)c1ccc(Cl)cc1)NCCNC(=O)c1ccccc1. The molecule has 0 aromatic heterocycles. The van der Waals surface area contributed by atoms with Crippen molar-refractivity contribution >= 4 is 29.2 Å². The Hall–Kier alpha value is -2.66. The van der Waals surface area contributed by atoms with E-state index in [1.807, 2.05) is 6.07 Å². The van der Waals surface area contributed by atoms with Crippen molar-refractivity contribution in [1.29, 1.82) is 0 Å². The number of carbonyl (C=O) groups is 3. The van der Waals surface area contributed by atoms with Gasteiger partial charge >= 0.3 is 0 Å². The Morgan fingerprint density at radius 2 is 1.40 bits per heavy atom. The fourth-order valence-electron chi connectivity index (χ4n) is 2.17. The van der Waals surface area contributed by atoms with E-state index in [1.165, 1.54) is 0 Å². The highest BCUT2D eigenvalue weighted by molar-refractivity contribution is 6.30. The lowest BCUT2D eigenvalue weighted by Crippen LogP contribution is -2.34. The molecule has 0 unspecified atom stereocenters. The van der Waals surface area contributed by atoms with Gasteiger partial charge in [0.05, 0.1) is 0 Å². The summed E-state index contributed by atoms with van der Waals surface area (Å²) >= 11 is 5.77. The first-order valence-electron chi connectivity index (χ1n) is 7.95. The molecule has 0 atom stereocenters. The van der Waals surface area contributed by atoms with Gasteiger partial charge in [-0.25, -0.2) is 0 Å². The quantitative estimate of drug-likeness (QED) is 0.563. The standard InChI is InChI=1S/C19H19ClN2O3/c20-16-8-6-14(7-9-16)17(23)10-11-18(24)21-12-13-22-19(25)15-4-2-1-3-5-15/h1-9H,10-13H2,(H,21,24)(H,22,25). The topological polar surface area (TPSA) is 75.3 Å². The van der Waals surface area contributed by atoms with E-state index in [1.54, 1.807) is 48.5 Å². The molecular weight excluding hydrogens is 340 g/mol. The Balaban J connectivity index is 1.63. The summed E-state index contributed by atoms with van der Waals surface area (Å²) in [6, 6.07) is 15.4. The lowest BCUT2D eigenvalue weighted by molar-refractivity contribution is -0.121. The number of ketones is 1. The largest absolute Gasteiger partial charge is 0.354 e. The predicted molar refractivity (Wildman–Crippen MR) is 96.8 cm³/mol. The third-order valence-corrected chi connectivity index (χ3v) is 3.77. The second-order valence-corrected chi connectivity index (χ2v) is 5.84. The monoisotopic (exact) mass is 358 g/mol. The van der Waals surface area contributed by atoms with Gasteiger partial charge in [0.25, 0.3) is 5.91 Å². The average Bonchev–Trinajstić information content (AvgIpc) is 2.64. The van der Waals surface area contributed by atoms with Crippen LogP contribution in [-0.4, -0.2) is 30.7 Å². The van der Waals surface area contributed by atoms with Crippen LogP contribution < -0.4 is 10.6 Å². The van der Waals surface area contributed by atoms with Crippen molar-refractivity contribution in [2.75, 3.05) is 13.1 Å². The summed E-state index contributed by atoms with van der Waals surface area (Å²) in [5.41, 5.74) is 1.11. The van der Waals surface area contributed by atoms with Gasteiger partial charge in [-0.1, -0.05) is 29.8 Å². The minimum Gasteiger partial charge on any atom is -0.354 e. The summed E-state index contributed by atoms with van der Waals surface area (Å²) in [6.07, 6.45) is 0.234. The number of amides is 2. The molecular formula is C19H19ClN2O3. The number of halogens is 1. The number of benzene rings is 2. The van der Waals surface area contributed by atoms with Gasteiger partial charge in [0.2, 0.25) is 5.91 Å². The minimum absolute atomic E-state index is 0.105. The maximum absolute atomic E-state index is 12.0. The Labute approximate surface area is 151 Å². The molecule has 0 bridgehead atoms. The molecule has 0 fully saturated rings. The first kappa shape index (κ1) is 18.7. The third-order valence-electron chi connectivity index (χ3n) is 3.51. The van der Waals surface area contributed by atoms with E-state index in [0.29, 0.717) is 29.2 Å². The zero-order chi connectivity index (χ0) is 18.1. The number of hydrogen-bond acceptors (Lipinski definition) is 3. The van der Waals surface area contributed by atoms with Gasteiger partial charge in [-0.2, -0.15) is 0 Å². The van der Waals surface area contributed by atoms with Crippen LogP contribution in [0.1, 0.15) is 33.6 Å². The molecule has 2 N–H and O–H groups in total. The highest BCUT2D eigenvalue weighted by Crippen LogP contribution is 2.11. The zero-order valence-corrected chi connectivity index (χ0v) is 14.4. The van der Waals surface area contributed by atoms with Crippen LogP contribution in [0.5, 0.6) is 0 Å². The molecule has 0 aliphatic rings. The summed E-state index contributed by atoms with van der Waals surface area (Å²) in [6.45, 7) is 0.636. The molecule has 2 amide bonds.